The summed E-state index contributed by atoms with van der Waals surface area (Å²) in [5.74, 6) is 0.891. The highest BCUT2D eigenvalue weighted by Gasteiger charge is 2.40. The molecular weight excluding hydrogens is 260 g/mol. The first-order valence-electron chi connectivity index (χ1n) is 9.16. The Bertz CT molecular complexity index is 298. The van der Waals surface area contributed by atoms with Gasteiger partial charge in [-0.2, -0.15) is 0 Å². The molecule has 1 saturated carbocycles. The highest BCUT2D eigenvalue weighted by molar-refractivity contribution is 4.99. The maximum atomic E-state index is 5.56. The summed E-state index contributed by atoms with van der Waals surface area (Å²) < 4.78 is 5.56. The lowest BCUT2D eigenvalue weighted by Gasteiger charge is -2.51. The molecule has 1 heterocycles. The standard InChI is InChI=1S/C18H36N2O/c1-5-18(6-2)14-20(13-15(3)21-4)17(12-19-18)16-10-8-7-9-11-16/h15-17,19H,5-14H2,1-4H3. The lowest BCUT2D eigenvalue weighted by molar-refractivity contribution is -0.00622. The van der Waals surface area contributed by atoms with E-state index in [0.29, 0.717) is 17.7 Å². The van der Waals surface area contributed by atoms with E-state index in [-0.39, 0.29) is 0 Å². The lowest BCUT2D eigenvalue weighted by atomic mass is 9.79. The fourth-order valence-corrected chi connectivity index (χ4v) is 4.32. The van der Waals surface area contributed by atoms with Crippen LogP contribution in [0.1, 0.15) is 65.7 Å². The van der Waals surface area contributed by atoms with Crippen LogP contribution in [0.2, 0.25) is 0 Å². The first kappa shape index (κ1) is 17.2. The molecule has 1 aliphatic heterocycles. The Hall–Kier alpha value is -0.120. The molecule has 2 atom stereocenters. The third-order valence-electron chi connectivity index (χ3n) is 6.10. The van der Waals surface area contributed by atoms with E-state index in [0.717, 1.165) is 12.5 Å². The second-order valence-electron chi connectivity index (χ2n) is 7.31. The molecule has 0 aromatic heterocycles. The molecule has 1 N–H and O–H groups in total. The van der Waals surface area contributed by atoms with Crippen molar-refractivity contribution in [2.75, 3.05) is 26.7 Å². The molecule has 0 bridgehead atoms. The molecule has 2 unspecified atom stereocenters. The zero-order valence-electron chi connectivity index (χ0n) is 14.7. The van der Waals surface area contributed by atoms with E-state index in [9.17, 15) is 0 Å². The fourth-order valence-electron chi connectivity index (χ4n) is 4.32. The van der Waals surface area contributed by atoms with Gasteiger partial charge >= 0.3 is 0 Å². The molecule has 0 aromatic carbocycles. The van der Waals surface area contributed by atoms with Crippen molar-refractivity contribution in [1.82, 2.24) is 10.2 Å². The van der Waals surface area contributed by atoms with E-state index < -0.39 is 0 Å². The van der Waals surface area contributed by atoms with Crippen molar-refractivity contribution >= 4 is 0 Å². The van der Waals surface area contributed by atoms with Crippen molar-refractivity contribution in [3.05, 3.63) is 0 Å². The first-order chi connectivity index (χ1) is 10.1. The largest absolute Gasteiger partial charge is 0.380 e. The molecule has 0 amide bonds. The van der Waals surface area contributed by atoms with Crippen LogP contribution in [0.3, 0.4) is 0 Å². The van der Waals surface area contributed by atoms with Crippen LogP contribution in [0.5, 0.6) is 0 Å². The SMILES string of the molecule is CCC1(CC)CN(CC(C)OC)C(C2CCCCC2)CN1. The van der Waals surface area contributed by atoms with Gasteiger partial charge in [-0.05, 0) is 38.5 Å². The Balaban J connectivity index is 2.07. The van der Waals surface area contributed by atoms with Crippen molar-refractivity contribution in [2.45, 2.75) is 83.4 Å². The van der Waals surface area contributed by atoms with Crippen molar-refractivity contribution < 1.29 is 4.74 Å². The number of nitrogens with zero attached hydrogens (tertiary/aromatic N) is 1. The number of ether oxygens (including phenoxy) is 1. The summed E-state index contributed by atoms with van der Waals surface area (Å²) in [7, 11) is 1.84. The maximum Gasteiger partial charge on any atom is 0.0670 e. The van der Waals surface area contributed by atoms with Crippen LogP contribution in [0.15, 0.2) is 0 Å². The monoisotopic (exact) mass is 296 g/mol. The van der Waals surface area contributed by atoms with Crippen LogP contribution < -0.4 is 5.32 Å². The summed E-state index contributed by atoms with van der Waals surface area (Å²) in [6.07, 6.45) is 9.94. The molecule has 0 radical (unpaired) electrons. The van der Waals surface area contributed by atoms with Crippen LogP contribution >= 0.6 is 0 Å². The van der Waals surface area contributed by atoms with Crippen LogP contribution in [-0.4, -0.2) is 49.3 Å². The average molecular weight is 296 g/mol. The molecule has 0 spiro atoms. The molecule has 2 fully saturated rings. The number of nitrogens with one attached hydrogen (secondary N) is 1. The van der Waals surface area contributed by atoms with E-state index in [4.69, 9.17) is 4.74 Å². The van der Waals surface area contributed by atoms with Gasteiger partial charge in [0.1, 0.15) is 0 Å². The van der Waals surface area contributed by atoms with Gasteiger partial charge in [-0.1, -0.05) is 33.1 Å². The van der Waals surface area contributed by atoms with Crippen molar-refractivity contribution in [3.63, 3.8) is 0 Å². The van der Waals surface area contributed by atoms with Gasteiger partial charge in [-0.25, -0.2) is 0 Å². The van der Waals surface area contributed by atoms with Gasteiger partial charge in [-0.15, -0.1) is 0 Å². The van der Waals surface area contributed by atoms with E-state index in [1.165, 1.54) is 58.0 Å². The topological polar surface area (TPSA) is 24.5 Å². The van der Waals surface area contributed by atoms with Gasteiger partial charge in [0.05, 0.1) is 6.10 Å². The van der Waals surface area contributed by atoms with Gasteiger partial charge in [0.15, 0.2) is 0 Å². The zero-order chi connectivity index (χ0) is 15.3. The second-order valence-corrected chi connectivity index (χ2v) is 7.31. The molecule has 124 valence electrons. The predicted molar refractivity (Wildman–Crippen MR) is 89.7 cm³/mol. The predicted octanol–water partition coefficient (Wildman–Crippen LogP) is 3.43. The Kier molecular flexibility index (Phi) is 6.51. The maximum absolute atomic E-state index is 5.56. The normalized spacial score (nSPS) is 29.4. The van der Waals surface area contributed by atoms with E-state index >= 15 is 0 Å². The molecule has 21 heavy (non-hydrogen) atoms. The first-order valence-corrected chi connectivity index (χ1v) is 9.16. The quantitative estimate of drug-likeness (QED) is 0.812. The van der Waals surface area contributed by atoms with E-state index in [1.807, 2.05) is 7.11 Å². The number of hydrogen-bond donors (Lipinski definition) is 1. The minimum Gasteiger partial charge on any atom is -0.380 e. The number of methoxy groups -OCH3 is 1. The molecule has 2 aliphatic rings. The van der Waals surface area contributed by atoms with E-state index in [2.05, 4.69) is 31.0 Å². The highest BCUT2D eigenvalue weighted by Crippen LogP contribution is 2.33. The van der Waals surface area contributed by atoms with Gasteiger partial charge < -0.3 is 10.1 Å². The summed E-state index contributed by atoms with van der Waals surface area (Å²) >= 11 is 0. The minimum atomic E-state index is 0.318. The third kappa shape index (κ3) is 4.20. The minimum absolute atomic E-state index is 0.318. The van der Waals surface area contributed by atoms with Crippen molar-refractivity contribution in [3.8, 4) is 0 Å². The summed E-state index contributed by atoms with van der Waals surface area (Å²) in [4.78, 5) is 2.76. The van der Waals surface area contributed by atoms with Crippen LogP contribution in [-0.2, 0) is 4.74 Å². The second kappa shape index (κ2) is 7.94. The third-order valence-corrected chi connectivity index (χ3v) is 6.10. The molecule has 0 aromatic rings. The van der Waals surface area contributed by atoms with Crippen LogP contribution in [0.4, 0.5) is 0 Å². The molecular formula is C18H36N2O. The number of piperazine rings is 1. The number of rotatable bonds is 6. The summed E-state index contributed by atoms with van der Waals surface area (Å²) in [6, 6.07) is 0.717. The smallest absolute Gasteiger partial charge is 0.0670 e. The molecule has 2 rings (SSSR count). The Labute approximate surface area is 131 Å². The number of hydrogen-bond acceptors (Lipinski definition) is 3. The lowest BCUT2D eigenvalue weighted by Crippen LogP contribution is -2.66. The van der Waals surface area contributed by atoms with Crippen LogP contribution in [0.25, 0.3) is 0 Å². The zero-order valence-corrected chi connectivity index (χ0v) is 14.7. The average Bonchev–Trinajstić information content (AvgIpc) is 2.55. The van der Waals surface area contributed by atoms with E-state index in [1.54, 1.807) is 0 Å². The summed E-state index contributed by atoms with van der Waals surface area (Å²) in [6.45, 7) is 10.3. The molecule has 1 saturated heterocycles. The Morgan fingerprint density at radius 3 is 2.43 bits per heavy atom. The van der Waals surface area contributed by atoms with Gasteiger partial charge in [0, 0.05) is 38.3 Å². The van der Waals surface area contributed by atoms with Gasteiger partial charge in [-0.3, -0.25) is 4.90 Å². The van der Waals surface area contributed by atoms with Crippen molar-refractivity contribution in [2.24, 2.45) is 5.92 Å². The fraction of sp³-hybridized carbons (Fsp3) is 1.00. The van der Waals surface area contributed by atoms with Crippen molar-refractivity contribution in [1.29, 1.82) is 0 Å². The summed E-state index contributed by atoms with van der Waals surface area (Å²) in [5, 5.41) is 3.92. The van der Waals surface area contributed by atoms with Crippen LogP contribution in [0, 0.1) is 5.92 Å². The molecule has 3 heteroatoms. The van der Waals surface area contributed by atoms with Gasteiger partial charge in [0.2, 0.25) is 0 Å². The Morgan fingerprint density at radius 2 is 1.86 bits per heavy atom. The highest BCUT2D eigenvalue weighted by atomic mass is 16.5. The Morgan fingerprint density at radius 1 is 1.19 bits per heavy atom. The summed E-state index contributed by atoms with van der Waals surface area (Å²) in [5.41, 5.74) is 0.318. The molecule has 3 nitrogen and oxygen atoms in total. The van der Waals surface area contributed by atoms with Gasteiger partial charge in [0.25, 0.3) is 0 Å². The molecule has 1 aliphatic carbocycles.